The molecular formula is C14H20N2O4. The van der Waals surface area contributed by atoms with Crippen LogP contribution in [0.5, 0.6) is 5.75 Å². The molecule has 1 aromatic carbocycles. The number of phenols is 1. The molecule has 0 aliphatic carbocycles. The molecule has 0 bridgehead atoms. The number of nitrogens with two attached hydrogens (primary N) is 1. The minimum atomic E-state index is -0.868. The number of rotatable bonds is 3. The van der Waals surface area contributed by atoms with Crippen LogP contribution in [-0.4, -0.2) is 28.7 Å². The number of carbonyl (C=O) groups excluding carboxylic acids is 2. The number of hydrogen-bond acceptors (Lipinski definition) is 5. The Morgan fingerprint density at radius 3 is 2.35 bits per heavy atom. The molecule has 2 amide bonds. The van der Waals surface area contributed by atoms with Crippen molar-refractivity contribution in [1.82, 2.24) is 5.32 Å². The Hall–Kier alpha value is -2.08. The zero-order valence-corrected chi connectivity index (χ0v) is 11.8. The molecule has 0 aliphatic rings. The Morgan fingerprint density at radius 1 is 1.30 bits per heavy atom. The summed E-state index contributed by atoms with van der Waals surface area (Å²) in [6.07, 6.45) is -0.557. The van der Waals surface area contributed by atoms with Crippen molar-refractivity contribution in [2.24, 2.45) is 5.73 Å². The minimum Gasteiger partial charge on any atom is -0.508 e. The average Bonchev–Trinajstić information content (AvgIpc) is 2.29. The van der Waals surface area contributed by atoms with E-state index < -0.39 is 23.6 Å². The Bertz CT molecular complexity index is 477. The predicted molar refractivity (Wildman–Crippen MR) is 74.2 cm³/mol. The summed E-state index contributed by atoms with van der Waals surface area (Å²) in [5, 5.41) is 11.2. The van der Waals surface area contributed by atoms with Gasteiger partial charge in [-0.3, -0.25) is 10.1 Å². The lowest BCUT2D eigenvalue weighted by atomic mass is 10.1. The summed E-state index contributed by atoms with van der Waals surface area (Å²) in [5.74, 6) is -0.465. The third-order valence-corrected chi connectivity index (χ3v) is 2.35. The van der Waals surface area contributed by atoms with Gasteiger partial charge in [0.1, 0.15) is 11.4 Å². The van der Waals surface area contributed by atoms with Crippen LogP contribution in [0.4, 0.5) is 4.79 Å². The van der Waals surface area contributed by atoms with E-state index in [1.54, 1.807) is 32.9 Å². The summed E-state index contributed by atoms with van der Waals surface area (Å²) in [6, 6.07) is 5.47. The summed E-state index contributed by atoms with van der Waals surface area (Å²) >= 11 is 0. The van der Waals surface area contributed by atoms with Crippen molar-refractivity contribution in [3.8, 4) is 5.75 Å². The van der Waals surface area contributed by atoms with Crippen LogP contribution in [0.2, 0.25) is 0 Å². The average molecular weight is 280 g/mol. The van der Waals surface area contributed by atoms with Crippen LogP contribution in [0.15, 0.2) is 24.3 Å². The molecule has 0 heterocycles. The number of ether oxygens (including phenoxy) is 1. The third kappa shape index (κ3) is 5.71. The number of phenolic OH excluding ortho intramolecular Hbond substituents is 1. The zero-order valence-electron chi connectivity index (χ0n) is 11.8. The van der Waals surface area contributed by atoms with Gasteiger partial charge < -0.3 is 15.6 Å². The summed E-state index contributed by atoms with van der Waals surface area (Å²) in [5.41, 5.74) is 5.83. The molecule has 0 saturated carbocycles. The first kappa shape index (κ1) is 16.0. The maximum atomic E-state index is 11.7. The normalized spacial score (nSPS) is 12.6. The highest BCUT2D eigenvalue weighted by Gasteiger charge is 2.21. The van der Waals surface area contributed by atoms with Crippen LogP contribution in [0.1, 0.15) is 26.3 Å². The van der Waals surface area contributed by atoms with Crippen molar-refractivity contribution >= 4 is 12.0 Å². The lowest BCUT2D eigenvalue weighted by Gasteiger charge is -2.20. The van der Waals surface area contributed by atoms with Gasteiger partial charge in [-0.1, -0.05) is 12.1 Å². The fourth-order valence-corrected chi connectivity index (χ4v) is 1.48. The van der Waals surface area contributed by atoms with Crippen LogP contribution in [0.25, 0.3) is 0 Å². The molecule has 0 spiro atoms. The zero-order chi connectivity index (χ0) is 15.3. The summed E-state index contributed by atoms with van der Waals surface area (Å²) in [6.45, 7) is 5.11. The molecule has 6 nitrogen and oxygen atoms in total. The fourth-order valence-electron chi connectivity index (χ4n) is 1.48. The van der Waals surface area contributed by atoms with Gasteiger partial charge in [0.05, 0.1) is 6.04 Å². The Kier molecular flexibility index (Phi) is 5.10. The Balaban J connectivity index is 2.51. The van der Waals surface area contributed by atoms with E-state index in [0.717, 1.165) is 5.56 Å². The molecule has 0 radical (unpaired) electrons. The number of nitrogens with one attached hydrogen (secondary N) is 1. The maximum Gasteiger partial charge on any atom is 0.414 e. The third-order valence-electron chi connectivity index (χ3n) is 2.35. The summed E-state index contributed by atoms with van der Waals surface area (Å²) in [4.78, 5) is 23.2. The molecule has 1 atom stereocenters. The van der Waals surface area contributed by atoms with Gasteiger partial charge in [0.25, 0.3) is 0 Å². The molecule has 0 unspecified atom stereocenters. The second kappa shape index (κ2) is 6.38. The van der Waals surface area contributed by atoms with Gasteiger partial charge in [0.15, 0.2) is 0 Å². The van der Waals surface area contributed by atoms with Gasteiger partial charge in [-0.05, 0) is 44.9 Å². The van der Waals surface area contributed by atoms with Crippen LogP contribution in [0, 0.1) is 0 Å². The first-order valence-electron chi connectivity index (χ1n) is 6.25. The SMILES string of the molecule is CC(C)(C)OC(=O)NC(=O)[C@@H](N)Cc1ccc(O)cc1. The van der Waals surface area contributed by atoms with Crippen molar-refractivity contribution in [2.75, 3.05) is 0 Å². The summed E-state index contributed by atoms with van der Waals surface area (Å²) in [7, 11) is 0. The number of alkyl carbamates (subject to hydrolysis) is 1. The number of aromatic hydroxyl groups is 1. The molecule has 20 heavy (non-hydrogen) atoms. The number of imide groups is 1. The largest absolute Gasteiger partial charge is 0.508 e. The maximum absolute atomic E-state index is 11.7. The fraction of sp³-hybridized carbons (Fsp3) is 0.429. The standard InChI is InChI=1S/C14H20N2O4/c1-14(2,3)20-13(19)16-12(18)11(15)8-9-4-6-10(17)7-5-9/h4-7,11,17H,8,15H2,1-3H3,(H,16,18,19)/t11-/m0/s1. The second-order valence-electron chi connectivity index (χ2n) is 5.47. The van der Waals surface area contributed by atoms with Crippen molar-refractivity contribution < 1.29 is 19.4 Å². The molecule has 0 aromatic heterocycles. The quantitative estimate of drug-likeness (QED) is 0.775. The van der Waals surface area contributed by atoms with E-state index in [4.69, 9.17) is 15.6 Å². The molecule has 110 valence electrons. The lowest BCUT2D eigenvalue weighted by Crippen LogP contribution is -2.46. The smallest absolute Gasteiger partial charge is 0.414 e. The topological polar surface area (TPSA) is 102 Å². The van der Waals surface area contributed by atoms with Gasteiger partial charge in [-0.25, -0.2) is 4.79 Å². The highest BCUT2D eigenvalue weighted by atomic mass is 16.6. The lowest BCUT2D eigenvalue weighted by molar-refractivity contribution is -0.121. The second-order valence-corrected chi connectivity index (χ2v) is 5.47. The molecule has 0 fully saturated rings. The number of amides is 2. The molecule has 1 rings (SSSR count). The molecule has 6 heteroatoms. The van der Waals surface area contributed by atoms with Gasteiger partial charge in [-0.15, -0.1) is 0 Å². The molecule has 4 N–H and O–H groups in total. The van der Waals surface area contributed by atoms with Crippen LogP contribution in [-0.2, 0) is 16.0 Å². The Morgan fingerprint density at radius 2 is 1.85 bits per heavy atom. The highest BCUT2D eigenvalue weighted by Crippen LogP contribution is 2.11. The van der Waals surface area contributed by atoms with Crippen molar-refractivity contribution in [2.45, 2.75) is 38.8 Å². The molecule has 0 aliphatic heterocycles. The van der Waals surface area contributed by atoms with Gasteiger partial charge in [-0.2, -0.15) is 0 Å². The molecular weight excluding hydrogens is 260 g/mol. The van der Waals surface area contributed by atoms with Crippen molar-refractivity contribution in [1.29, 1.82) is 0 Å². The van der Waals surface area contributed by atoms with E-state index in [1.807, 2.05) is 0 Å². The van der Waals surface area contributed by atoms with E-state index in [2.05, 4.69) is 5.32 Å². The molecule has 1 aromatic rings. The van der Waals surface area contributed by atoms with Crippen molar-refractivity contribution in [3.05, 3.63) is 29.8 Å². The number of benzene rings is 1. The van der Waals surface area contributed by atoms with E-state index in [9.17, 15) is 9.59 Å². The van der Waals surface area contributed by atoms with Crippen molar-refractivity contribution in [3.63, 3.8) is 0 Å². The first-order valence-corrected chi connectivity index (χ1v) is 6.25. The van der Waals surface area contributed by atoms with Gasteiger partial charge in [0, 0.05) is 0 Å². The van der Waals surface area contributed by atoms with Crippen LogP contribution >= 0.6 is 0 Å². The van der Waals surface area contributed by atoms with Gasteiger partial charge >= 0.3 is 6.09 Å². The number of carbonyl (C=O) groups is 2. The molecule has 0 saturated heterocycles. The monoisotopic (exact) mass is 280 g/mol. The van der Waals surface area contributed by atoms with E-state index in [0.29, 0.717) is 0 Å². The van der Waals surface area contributed by atoms with E-state index >= 15 is 0 Å². The summed E-state index contributed by atoms with van der Waals surface area (Å²) < 4.78 is 4.96. The predicted octanol–water partition coefficient (Wildman–Crippen LogP) is 1.31. The van der Waals surface area contributed by atoms with Crippen LogP contribution in [0.3, 0.4) is 0 Å². The van der Waals surface area contributed by atoms with Gasteiger partial charge in [0.2, 0.25) is 5.91 Å². The number of hydrogen-bond donors (Lipinski definition) is 3. The van der Waals surface area contributed by atoms with Crippen LogP contribution < -0.4 is 11.1 Å². The minimum absolute atomic E-state index is 0.139. The highest BCUT2D eigenvalue weighted by molar-refractivity contribution is 5.94. The Labute approximate surface area is 117 Å². The van der Waals surface area contributed by atoms with E-state index in [-0.39, 0.29) is 12.2 Å². The first-order chi connectivity index (χ1) is 9.17. The van der Waals surface area contributed by atoms with E-state index in [1.165, 1.54) is 12.1 Å².